The van der Waals surface area contributed by atoms with Crippen LogP contribution in [0.25, 0.3) is 11.1 Å². The second kappa shape index (κ2) is 9.14. The largest absolute Gasteiger partial charge is 0.419 e. The van der Waals surface area contributed by atoms with Crippen LogP contribution in [0, 0.1) is 5.82 Å². The number of amides is 1. The molecule has 28 heavy (non-hydrogen) atoms. The van der Waals surface area contributed by atoms with E-state index in [0.717, 1.165) is 5.56 Å². The van der Waals surface area contributed by atoms with E-state index in [1.807, 2.05) is 6.07 Å². The first-order valence-electron chi connectivity index (χ1n) is 8.68. The van der Waals surface area contributed by atoms with Crippen LogP contribution in [0.15, 0.2) is 57.7 Å². The summed E-state index contributed by atoms with van der Waals surface area (Å²) in [6, 6.07) is 13.2. The molecule has 0 unspecified atom stereocenters. The fourth-order valence-corrected chi connectivity index (χ4v) is 2.76. The van der Waals surface area contributed by atoms with Gasteiger partial charge < -0.3 is 9.73 Å². The second-order valence-corrected chi connectivity index (χ2v) is 6.48. The molecule has 0 aliphatic heterocycles. The molecule has 1 aromatic heterocycles. The summed E-state index contributed by atoms with van der Waals surface area (Å²) in [4.78, 5) is 23.8. The maximum atomic E-state index is 12.9. The lowest BCUT2D eigenvalue weighted by molar-refractivity contribution is -0.121. The number of para-hydroxylation sites is 2. The third-order valence-corrected chi connectivity index (χ3v) is 4.29. The van der Waals surface area contributed by atoms with E-state index in [-0.39, 0.29) is 23.3 Å². The molecule has 0 spiro atoms. The van der Waals surface area contributed by atoms with Crippen molar-refractivity contribution in [3.63, 3.8) is 0 Å². The molecule has 7 nitrogen and oxygen atoms in total. The van der Waals surface area contributed by atoms with Gasteiger partial charge in [-0.15, -0.1) is 0 Å². The number of carbonyl (C=O) groups is 1. The SMILES string of the molecule is O=C(CCCn1c(=O)oc2ccccc21)NNC(=S)NCc1ccc(F)cc1. The molecule has 0 aliphatic rings. The van der Waals surface area contributed by atoms with Crippen molar-refractivity contribution in [1.82, 2.24) is 20.7 Å². The number of hydrogen-bond acceptors (Lipinski definition) is 4. The summed E-state index contributed by atoms with van der Waals surface area (Å²) in [6.07, 6.45) is 0.673. The Labute approximate surface area is 165 Å². The van der Waals surface area contributed by atoms with Gasteiger partial charge in [-0.05, 0) is 48.5 Å². The quantitative estimate of drug-likeness (QED) is 0.433. The topological polar surface area (TPSA) is 88.3 Å². The van der Waals surface area contributed by atoms with E-state index >= 15 is 0 Å². The molecule has 0 atom stereocenters. The first kappa shape index (κ1) is 19.6. The minimum Gasteiger partial charge on any atom is -0.408 e. The standard InChI is InChI=1S/C19H19FN4O3S/c20-14-9-7-13(8-10-14)12-21-18(28)23-22-17(25)6-3-11-24-15-4-1-2-5-16(15)27-19(24)26/h1-2,4-5,7-10H,3,6,11-12H2,(H,22,25)(H2,21,23,28). The molecule has 1 heterocycles. The highest BCUT2D eigenvalue weighted by Crippen LogP contribution is 2.12. The zero-order valence-corrected chi connectivity index (χ0v) is 15.7. The van der Waals surface area contributed by atoms with Gasteiger partial charge >= 0.3 is 5.76 Å². The molecular formula is C19H19FN4O3S. The van der Waals surface area contributed by atoms with Crippen LogP contribution in [0.1, 0.15) is 18.4 Å². The van der Waals surface area contributed by atoms with Gasteiger partial charge in [-0.25, -0.2) is 9.18 Å². The molecule has 0 saturated heterocycles. The third-order valence-electron chi connectivity index (χ3n) is 4.04. The minimum absolute atomic E-state index is 0.208. The summed E-state index contributed by atoms with van der Waals surface area (Å²) >= 11 is 5.08. The van der Waals surface area contributed by atoms with Crippen LogP contribution in [0.4, 0.5) is 4.39 Å². The van der Waals surface area contributed by atoms with Gasteiger partial charge in [0, 0.05) is 19.5 Å². The zero-order chi connectivity index (χ0) is 19.9. The normalized spacial score (nSPS) is 10.6. The molecule has 0 saturated carbocycles. The van der Waals surface area contributed by atoms with Crippen LogP contribution in [-0.4, -0.2) is 15.6 Å². The Hall–Kier alpha value is -3.20. The van der Waals surface area contributed by atoms with Crippen molar-refractivity contribution in [3.05, 3.63) is 70.5 Å². The Bertz CT molecular complexity index is 1030. The number of hydrazine groups is 1. The minimum atomic E-state index is -0.439. The van der Waals surface area contributed by atoms with Crippen LogP contribution < -0.4 is 21.9 Å². The van der Waals surface area contributed by atoms with Gasteiger partial charge in [-0.2, -0.15) is 0 Å². The van der Waals surface area contributed by atoms with Crippen molar-refractivity contribution in [2.45, 2.75) is 25.9 Å². The van der Waals surface area contributed by atoms with Crippen molar-refractivity contribution >= 4 is 34.3 Å². The second-order valence-electron chi connectivity index (χ2n) is 6.07. The van der Waals surface area contributed by atoms with Gasteiger partial charge in [0.15, 0.2) is 10.7 Å². The summed E-state index contributed by atoms with van der Waals surface area (Å²) in [5.41, 5.74) is 7.19. The van der Waals surface area contributed by atoms with E-state index in [4.69, 9.17) is 16.6 Å². The number of benzene rings is 2. The van der Waals surface area contributed by atoms with Gasteiger partial charge in [-0.3, -0.25) is 20.2 Å². The maximum Gasteiger partial charge on any atom is 0.419 e. The van der Waals surface area contributed by atoms with E-state index in [9.17, 15) is 14.0 Å². The summed E-state index contributed by atoms with van der Waals surface area (Å²) in [7, 11) is 0. The first-order valence-corrected chi connectivity index (χ1v) is 9.09. The number of nitrogens with one attached hydrogen (secondary N) is 3. The number of nitrogens with zero attached hydrogens (tertiary/aromatic N) is 1. The highest BCUT2D eigenvalue weighted by atomic mass is 32.1. The molecule has 3 N–H and O–H groups in total. The van der Waals surface area contributed by atoms with E-state index in [1.54, 1.807) is 30.3 Å². The van der Waals surface area contributed by atoms with Crippen molar-refractivity contribution in [1.29, 1.82) is 0 Å². The monoisotopic (exact) mass is 402 g/mol. The van der Waals surface area contributed by atoms with E-state index < -0.39 is 5.76 Å². The lowest BCUT2D eigenvalue weighted by atomic mass is 10.2. The number of halogens is 1. The Morgan fingerprint density at radius 3 is 2.64 bits per heavy atom. The van der Waals surface area contributed by atoms with Gasteiger partial charge in [0.05, 0.1) is 5.52 Å². The number of carbonyl (C=O) groups excluding carboxylic acids is 1. The van der Waals surface area contributed by atoms with Crippen molar-refractivity contribution < 1.29 is 13.6 Å². The van der Waals surface area contributed by atoms with Gasteiger partial charge in [0.25, 0.3) is 0 Å². The van der Waals surface area contributed by atoms with Crippen molar-refractivity contribution in [2.75, 3.05) is 0 Å². The van der Waals surface area contributed by atoms with Gasteiger partial charge in [0.2, 0.25) is 5.91 Å². The fourth-order valence-electron chi connectivity index (χ4n) is 2.64. The molecule has 146 valence electrons. The fraction of sp³-hybridized carbons (Fsp3) is 0.211. The van der Waals surface area contributed by atoms with Crippen LogP contribution in [0.3, 0.4) is 0 Å². The van der Waals surface area contributed by atoms with Gasteiger partial charge in [0.1, 0.15) is 5.82 Å². The number of fused-ring (bicyclic) bond motifs is 1. The lowest BCUT2D eigenvalue weighted by Gasteiger charge is -2.11. The first-order chi connectivity index (χ1) is 13.5. The Morgan fingerprint density at radius 2 is 1.86 bits per heavy atom. The number of aromatic nitrogens is 1. The van der Waals surface area contributed by atoms with E-state index in [2.05, 4.69) is 16.2 Å². The highest BCUT2D eigenvalue weighted by Gasteiger charge is 2.09. The average molecular weight is 402 g/mol. The predicted molar refractivity (Wildman–Crippen MR) is 107 cm³/mol. The molecule has 2 aromatic carbocycles. The molecule has 3 rings (SSSR count). The van der Waals surface area contributed by atoms with Gasteiger partial charge in [-0.1, -0.05) is 24.3 Å². The Kier molecular flexibility index (Phi) is 6.38. The Morgan fingerprint density at radius 1 is 1.11 bits per heavy atom. The summed E-state index contributed by atoms with van der Waals surface area (Å²) < 4.78 is 19.5. The molecule has 1 amide bonds. The van der Waals surface area contributed by atoms with Crippen LogP contribution in [0.5, 0.6) is 0 Å². The molecular weight excluding hydrogens is 383 g/mol. The molecule has 0 bridgehead atoms. The maximum absolute atomic E-state index is 12.9. The lowest BCUT2D eigenvalue weighted by Crippen LogP contribution is -2.46. The van der Waals surface area contributed by atoms with Crippen LogP contribution in [-0.2, 0) is 17.9 Å². The predicted octanol–water partition coefficient (Wildman–Crippen LogP) is 2.21. The van der Waals surface area contributed by atoms with Crippen molar-refractivity contribution in [3.8, 4) is 0 Å². The zero-order valence-electron chi connectivity index (χ0n) is 14.9. The molecule has 9 heteroatoms. The third kappa shape index (κ3) is 5.17. The number of rotatable bonds is 6. The van der Waals surface area contributed by atoms with Crippen LogP contribution in [0.2, 0.25) is 0 Å². The average Bonchev–Trinajstić information content (AvgIpc) is 3.01. The van der Waals surface area contributed by atoms with E-state index in [1.165, 1.54) is 16.7 Å². The summed E-state index contributed by atoms with van der Waals surface area (Å²) in [6.45, 7) is 0.773. The molecule has 0 aliphatic carbocycles. The Balaban J connectivity index is 1.38. The van der Waals surface area contributed by atoms with Crippen LogP contribution >= 0.6 is 12.2 Å². The number of thiocarbonyl (C=S) groups is 1. The summed E-state index contributed by atoms with van der Waals surface area (Å²) in [5.74, 6) is -1.000. The smallest absolute Gasteiger partial charge is 0.408 e. The number of hydrogen-bond donors (Lipinski definition) is 3. The number of aryl methyl sites for hydroxylation is 1. The number of oxazole rings is 1. The molecule has 3 aromatic rings. The summed E-state index contributed by atoms with van der Waals surface area (Å²) in [5, 5.41) is 3.15. The molecule has 0 radical (unpaired) electrons. The van der Waals surface area contributed by atoms with E-state index in [0.29, 0.717) is 30.6 Å². The highest BCUT2D eigenvalue weighted by molar-refractivity contribution is 7.80. The molecule has 0 fully saturated rings. The van der Waals surface area contributed by atoms with Crippen molar-refractivity contribution in [2.24, 2.45) is 0 Å².